The normalized spacial score (nSPS) is 34.8. The van der Waals surface area contributed by atoms with E-state index in [2.05, 4.69) is 11.4 Å². The predicted octanol–water partition coefficient (Wildman–Crippen LogP) is 2.86. The van der Waals surface area contributed by atoms with Crippen LogP contribution in [0, 0.1) is 29.1 Å². The van der Waals surface area contributed by atoms with Gasteiger partial charge >= 0.3 is 0 Å². The lowest BCUT2D eigenvalue weighted by Crippen LogP contribution is -2.59. The summed E-state index contributed by atoms with van der Waals surface area (Å²) in [6.07, 6.45) is 7.68. The Balaban J connectivity index is 1.26. The van der Waals surface area contributed by atoms with Crippen molar-refractivity contribution < 1.29 is 9.84 Å². The second kappa shape index (κ2) is 6.38. The van der Waals surface area contributed by atoms with Crippen LogP contribution in [-0.2, 0) is 0 Å². The molecule has 4 aliphatic rings. The molecule has 4 bridgehead atoms. The van der Waals surface area contributed by atoms with E-state index in [9.17, 15) is 5.11 Å². The van der Waals surface area contributed by atoms with Gasteiger partial charge in [-0.1, -0.05) is 0 Å². The Morgan fingerprint density at radius 3 is 2.25 bits per heavy atom. The molecule has 128 valence electrons. The molecular formula is C20H26N2O2. The Hall–Kier alpha value is -1.57. The Bertz CT molecular complexity index is 584. The van der Waals surface area contributed by atoms with Crippen LogP contribution >= 0.6 is 0 Å². The van der Waals surface area contributed by atoms with Gasteiger partial charge in [0.2, 0.25) is 0 Å². The second-order valence-corrected chi connectivity index (χ2v) is 8.18. The van der Waals surface area contributed by atoms with Gasteiger partial charge in [0, 0.05) is 12.1 Å². The number of β-amino-alcohol motifs (C(OH)–C–C–N with tert-alkyl or cyclic N) is 1. The summed E-state index contributed by atoms with van der Waals surface area (Å²) in [4.78, 5) is 0. The van der Waals surface area contributed by atoms with E-state index in [0.29, 0.717) is 17.9 Å². The van der Waals surface area contributed by atoms with Gasteiger partial charge in [-0.05, 0) is 80.5 Å². The molecule has 4 fully saturated rings. The molecule has 5 rings (SSSR count). The van der Waals surface area contributed by atoms with E-state index in [0.717, 1.165) is 17.8 Å². The van der Waals surface area contributed by atoms with Gasteiger partial charge in [0.05, 0.1) is 11.6 Å². The zero-order valence-electron chi connectivity index (χ0n) is 14.1. The number of benzene rings is 1. The van der Waals surface area contributed by atoms with Crippen molar-refractivity contribution in [3.05, 3.63) is 29.8 Å². The molecule has 1 aromatic rings. The molecule has 0 spiro atoms. The summed E-state index contributed by atoms with van der Waals surface area (Å²) in [6.45, 7) is 0.883. The highest BCUT2D eigenvalue weighted by molar-refractivity contribution is 5.34. The Morgan fingerprint density at radius 2 is 1.71 bits per heavy atom. The van der Waals surface area contributed by atoms with Gasteiger partial charge in [-0.15, -0.1) is 0 Å². The molecule has 0 aromatic heterocycles. The molecule has 24 heavy (non-hydrogen) atoms. The van der Waals surface area contributed by atoms with Crippen molar-refractivity contribution >= 4 is 0 Å². The van der Waals surface area contributed by atoms with Crippen LogP contribution in [0.5, 0.6) is 5.75 Å². The van der Waals surface area contributed by atoms with Crippen LogP contribution in [0.25, 0.3) is 0 Å². The third kappa shape index (κ3) is 3.29. The number of hydrogen-bond donors (Lipinski definition) is 2. The maximum Gasteiger partial charge on any atom is 0.119 e. The van der Waals surface area contributed by atoms with Crippen molar-refractivity contribution in [2.45, 2.75) is 50.2 Å². The van der Waals surface area contributed by atoms with Crippen LogP contribution in [0.15, 0.2) is 24.3 Å². The fourth-order valence-electron chi connectivity index (χ4n) is 5.54. The molecule has 0 aliphatic heterocycles. The minimum atomic E-state index is -0.506. The summed E-state index contributed by atoms with van der Waals surface area (Å²) < 4.78 is 5.64. The van der Waals surface area contributed by atoms with E-state index >= 15 is 0 Å². The topological polar surface area (TPSA) is 65.3 Å². The minimum Gasteiger partial charge on any atom is -0.491 e. The first-order valence-corrected chi connectivity index (χ1v) is 9.20. The lowest BCUT2D eigenvalue weighted by molar-refractivity contribution is -0.0266. The monoisotopic (exact) mass is 326 g/mol. The maximum absolute atomic E-state index is 10.3. The molecule has 0 radical (unpaired) electrons. The predicted molar refractivity (Wildman–Crippen MR) is 91.6 cm³/mol. The fourth-order valence-corrected chi connectivity index (χ4v) is 5.54. The molecule has 1 unspecified atom stereocenters. The number of hydrogen-bond acceptors (Lipinski definition) is 4. The molecule has 4 heteroatoms. The van der Waals surface area contributed by atoms with Crippen molar-refractivity contribution in [1.82, 2.24) is 5.32 Å². The van der Waals surface area contributed by atoms with Gasteiger partial charge in [0.15, 0.2) is 0 Å². The molecule has 1 atom stereocenters. The first-order valence-electron chi connectivity index (χ1n) is 9.20. The summed E-state index contributed by atoms with van der Waals surface area (Å²) in [5.74, 6) is 3.44. The third-order valence-electron chi connectivity index (χ3n) is 6.18. The smallest absolute Gasteiger partial charge is 0.119 e. The first kappa shape index (κ1) is 15.9. The van der Waals surface area contributed by atoms with Gasteiger partial charge in [-0.3, -0.25) is 0 Å². The van der Waals surface area contributed by atoms with Gasteiger partial charge in [0.1, 0.15) is 18.5 Å². The third-order valence-corrected chi connectivity index (χ3v) is 6.18. The molecule has 1 aromatic carbocycles. The van der Waals surface area contributed by atoms with E-state index < -0.39 is 6.10 Å². The number of rotatable bonds is 6. The van der Waals surface area contributed by atoms with E-state index in [-0.39, 0.29) is 12.1 Å². The maximum atomic E-state index is 10.3. The van der Waals surface area contributed by atoms with Crippen molar-refractivity contribution in [1.29, 1.82) is 5.26 Å². The molecule has 4 nitrogen and oxygen atoms in total. The lowest BCUT2D eigenvalue weighted by atomic mass is 9.53. The highest BCUT2D eigenvalue weighted by Gasteiger charge is 2.50. The van der Waals surface area contributed by atoms with Gasteiger partial charge in [-0.2, -0.15) is 5.26 Å². The molecule has 0 saturated heterocycles. The van der Waals surface area contributed by atoms with Crippen molar-refractivity contribution in [3.63, 3.8) is 0 Å². The summed E-state index contributed by atoms with van der Waals surface area (Å²) in [6, 6.07) is 9.10. The average molecular weight is 326 g/mol. The van der Waals surface area contributed by atoms with Crippen LogP contribution < -0.4 is 10.1 Å². The Labute approximate surface area is 143 Å². The van der Waals surface area contributed by atoms with Gasteiger partial charge < -0.3 is 15.2 Å². The zero-order valence-corrected chi connectivity index (χ0v) is 14.1. The van der Waals surface area contributed by atoms with E-state index in [1.807, 2.05) is 0 Å². The molecule has 0 heterocycles. The molecule has 4 saturated carbocycles. The quantitative estimate of drug-likeness (QED) is 0.844. The highest BCUT2D eigenvalue weighted by Crippen LogP contribution is 2.55. The average Bonchev–Trinajstić information content (AvgIpc) is 2.57. The minimum absolute atomic E-state index is 0.282. The number of aliphatic hydroxyl groups excluding tert-OH is 1. The second-order valence-electron chi connectivity index (χ2n) is 8.18. The fraction of sp³-hybridized carbons (Fsp3) is 0.650. The van der Waals surface area contributed by atoms with Crippen LogP contribution in [0.3, 0.4) is 0 Å². The van der Waals surface area contributed by atoms with Crippen LogP contribution in [0.1, 0.15) is 44.1 Å². The summed E-state index contributed by atoms with van der Waals surface area (Å²) >= 11 is 0. The van der Waals surface area contributed by atoms with Crippen molar-refractivity contribution in [2.24, 2.45) is 17.8 Å². The summed E-state index contributed by atoms with van der Waals surface area (Å²) in [5, 5.41) is 22.8. The van der Waals surface area contributed by atoms with E-state index in [1.54, 1.807) is 24.3 Å². The largest absolute Gasteiger partial charge is 0.491 e. The molecular weight excluding hydrogens is 300 g/mol. The van der Waals surface area contributed by atoms with Crippen LogP contribution in [-0.4, -0.2) is 29.9 Å². The lowest BCUT2D eigenvalue weighted by Gasteiger charge is -2.57. The summed E-state index contributed by atoms with van der Waals surface area (Å²) in [7, 11) is 0. The van der Waals surface area contributed by atoms with E-state index in [4.69, 9.17) is 10.00 Å². The van der Waals surface area contributed by atoms with Crippen molar-refractivity contribution in [3.8, 4) is 11.8 Å². The van der Waals surface area contributed by atoms with E-state index in [1.165, 1.54) is 38.5 Å². The number of nitrogens with one attached hydrogen (secondary N) is 1. The number of nitriles is 1. The van der Waals surface area contributed by atoms with Gasteiger partial charge in [0.25, 0.3) is 0 Å². The molecule has 2 N–H and O–H groups in total. The number of ether oxygens (including phenoxy) is 1. The number of nitrogens with zero attached hydrogens (tertiary/aromatic N) is 1. The standard InChI is InChI=1S/C20H26N2O2/c21-11-14-1-3-19(4-2-14)24-13-18(23)12-22-20-8-15-5-16(9-20)7-17(6-15)10-20/h1-4,15-18,22-23H,5-10,12-13H2. The Morgan fingerprint density at radius 1 is 1.12 bits per heavy atom. The molecule has 0 amide bonds. The highest BCUT2D eigenvalue weighted by atomic mass is 16.5. The van der Waals surface area contributed by atoms with Gasteiger partial charge in [-0.25, -0.2) is 0 Å². The summed E-state index contributed by atoms with van der Waals surface area (Å²) in [5.41, 5.74) is 0.899. The SMILES string of the molecule is N#Cc1ccc(OCC(O)CNC23CC4CC(CC(C4)C2)C3)cc1. The Kier molecular flexibility index (Phi) is 4.24. The van der Waals surface area contributed by atoms with Crippen LogP contribution in [0.4, 0.5) is 0 Å². The van der Waals surface area contributed by atoms with Crippen molar-refractivity contribution in [2.75, 3.05) is 13.2 Å². The molecule has 4 aliphatic carbocycles. The van der Waals surface area contributed by atoms with Crippen LogP contribution in [0.2, 0.25) is 0 Å². The zero-order chi connectivity index (χ0) is 16.6. The number of aliphatic hydroxyl groups is 1. The first-order chi connectivity index (χ1) is 11.6.